The van der Waals surface area contributed by atoms with Crippen LogP contribution in [0, 0.1) is 0 Å². The number of ether oxygens (including phenoxy) is 3. The Balaban J connectivity index is 2.04. The van der Waals surface area contributed by atoms with Gasteiger partial charge in [-0.1, -0.05) is 18.3 Å². The third-order valence-electron chi connectivity index (χ3n) is 2.90. The summed E-state index contributed by atoms with van der Waals surface area (Å²) in [6.45, 7) is 2.00. The van der Waals surface area contributed by atoms with E-state index >= 15 is 0 Å². The number of thiocarbonyl (C=S) groups is 1. The molecular formula is C13H17NO3S. The van der Waals surface area contributed by atoms with Crippen LogP contribution in [0.25, 0.3) is 0 Å². The maximum atomic E-state index is 5.75. The van der Waals surface area contributed by atoms with Crippen molar-refractivity contribution >= 4 is 17.2 Å². The van der Waals surface area contributed by atoms with Crippen LogP contribution in [0.1, 0.15) is 17.5 Å². The second kappa shape index (κ2) is 6.13. The van der Waals surface area contributed by atoms with Gasteiger partial charge in [-0.25, -0.2) is 0 Å². The zero-order valence-corrected chi connectivity index (χ0v) is 11.2. The van der Waals surface area contributed by atoms with Crippen molar-refractivity contribution in [3.63, 3.8) is 0 Å². The summed E-state index contributed by atoms with van der Waals surface area (Å²) in [5.41, 5.74) is 7.45. The Labute approximate surface area is 112 Å². The van der Waals surface area contributed by atoms with E-state index in [9.17, 15) is 0 Å². The molecule has 2 rings (SSSR count). The van der Waals surface area contributed by atoms with Crippen LogP contribution in [0.15, 0.2) is 18.2 Å². The monoisotopic (exact) mass is 267 g/mol. The lowest BCUT2D eigenvalue weighted by molar-refractivity contribution is 0.0317. The third kappa shape index (κ3) is 3.19. The van der Waals surface area contributed by atoms with Crippen LogP contribution >= 0.6 is 12.2 Å². The number of hydrogen-bond acceptors (Lipinski definition) is 4. The molecule has 18 heavy (non-hydrogen) atoms. The minimum Gasteiger partial charge on any atom is -0.496 e. The van der Waals surface area contributed by atoms with Crippen molar-refractivity contribution in [1.29, 1.82) is 0 Å². The molecule has 1 aromatic rings. The standard InChI is InChI=1S/C13H17NO3S/c1-15-12-3-2-9(6-11(12)13(14)18)7-17-10-4-5-16-8-10/h2-3,6,10H,4-5,7-8H2,1H3,(H2,14,18). The molecule has 0 aliphatic carbocycles. The molecule has 0 spiro atoms. The second-order valence-corrected chi connectivity index (χ2v) is 4.64. The summed E-state index contributed by atoms with van der Waals surface area (Å²) in [4.78, 5) is 0.331. The summed E-state index contributed by atoms with van der Waals surface area (Å²) in [7, 11) is 1.60. The Kier molecular flexibility index (Phi) is 4.52. The van der Waals surface area contributed by atoms with E-state index in [0.29, 0.717) is 24.0 Å². The highest BCUT2D eigenvalue weighted by molar-refractivity contribution is 7.80. The first-order chi connectivity index (χ1) is 8.70. The van der Waals surface area contributed by atoms with E-state index in [1.165, 1.54) is 0 Å². The van der Waals surface area contributed by atoms with E-state index in [1.807, 2.05) is 18.2 Å². The van der Waals surface area contributed by atoms with Crippen LogP contribution in [-0.4, -0.2) is 31.4 Å². The van der Waals surface area contributed by atoms with Crippen molar-refractivity contribution in [2.24, 2.45) is 5.73 Å². The average Bonchev–Trinajstić information content (AvgIpc) is 2.89. The Morgan fingerprint density at radius 2 is 2.39 bits per heavy atom. The molecule has 4 nitrogen and oxygen atoms in total. The summed E-state index contributed by atoms with van der Waals surface area (Å²) >= 11 is 5.00. The molecule has 0 amide bonds. The van der Waals surface area contributed by atoms with E-state index in [4.69, 9.17) is 32.2 Å². The van der Waals surface area contributed by atoms with Crippen LogP contribution in [0.3, 0.4) is 0 Å². The van der Waals surface area contributed by atoms with Crippen LogP contribution in [0.4, 0.5) is 0 Å². The van der Waals surface area contributed by atoms with Gasteiger partial charge in [0.25, 0.3) is 0 Å². The fourth-order valence-electron chi connectivity index (χ4n) is 1.90. The molecule has 0 bridgehead atoms. The van der Waals surface area contributed by atoms with Gasteiger partial charge in [0, 0.05) is 6.61 Å². The Morgan fingerprint density at radius 3 is 3.00 bits per heavy atom. The lowest BCUT2D eigenvalue weighted by Gasteiger charge is -2.12. The normalized spacial score (nSPS) is 18.8. The van der Waals surface area contributed by atoms with E-state index < -0.39 is 0 Å². The molecule has 1 aromatic carbocycles. The Hall–Kier alpha value is -1.17. The van der Waals surface area contributed by atoms with Crippen molar-refractivity contribution < 1.29 is 14.2 Å². The molecule has 0 aromatic heterocycles. The Morgan fingerprint density at radius 1 is 1.56 bits per heavy atom. The number of benzene rings is 1. The zero-order chi connectivity index (χ0) is 13.0. The smallest absolute Gasteiger partial charge is 0.129 e. The van der Waals surface area contributed by atoms with Gasteiger partial charge in [0.05, 0.1) is 32.0 Å². The first-order valence-corrected chi connectivity index (χ1v) is 6.27. The first kappa shape index (κ1) is 13.3. The summed E-state index contributed by atoms with van der Waals surface area (Å²) in [5.74, 6) is 0.690. The molecule has 5 heteroatoms. The minimum atomic E-state index is 0.195. The van der Waals surface area contributed by atoms with Crippen molar-refractivity contribution in [2.75, 3.05) is 20.3 Å². The zero-order valence-electron chi connectivity index (χ0n) is 10.3. The van der Waals surface area contributed by atoms with Gasteiger partial charge in [-0.05, 0) is 24.1 Å². The molecule has 2 N–H and O–H groups in total. The number of hydrogen-bond donors (Lipinski definition) is 1. The SMILES string of the molecule is COc1ccc(COC2CCOC2)cc1C(N)=S. The van der Waals surface area contributed by atoms with Gasteiger partial charge >= 0.3 is 0 Å². The van der Waals surface area contributed by atoms with Gasteiger partial charge in [-0.15, -0.1) is 0 Å². The molecule has 1 heterocycles. The fourth-order valence-corrected chi connectivity index (χ4v) is 2.06. The van der Waals surface area contributed by atoms with Gasteiger partial charge < -0.3 is 19.9 Å². The molecule has 1 unspecified atom stereocenters. The summed E-state index contributed by atoms with van der Waals surface area (Å²) in [6.07, 6.45) is 1.15. The second-order valence-electron chi connectivity index (χ2n) is 4.20. The van der Waals surface area contributed by atoms with Gasteiger partial charge in [-0.2, -0.15) is 0 Å². The number of nitrogens with two attached hydrogens (primary N) is 1. The van der Waals surface area contributed by atoms with E-state index in [0.717, 1.165) is 24.2 Å². The minimum absolute atomic E-state index is 0.195. The highest BCUT2D eigenvalue weighted by Crippen LogP contribution is 2.21. The molecule has 1 aliphatic heterocycles. The molecule has 1 saturated heterocycles. The largest absolute Gasteiger partial charge is 0.496 e. The van der Waals surface area contributed by atoms with Gasteiger partial charge in [-0.3, -0.25) is 0 Å². The maximum Gasteiger partial charge on any atom is 0.129 e. The predicted octanol–water partition coefficient (Wildman–Crippen LogP) is 1.63. The maximum absolute atomic E-state index is 5.75. The van der Waals surface area contributed by atoms with Crippen molar-refractivity contribution in [1.82, 2.24) is 0 Å². The third-order valence-corrected chi connectivity index (χ3v) is 3.12. The number of methoxy groups -OCH3 is 1. The predicted molar refractivity (Wildman–Crippen MR) is 72.9 cm³/mol. The fraction of sp³-hybridized carbons (Fsp3) is 0.462. The van der Waals surface area contributed by atoms with Crippen LogP contribution < -0.4 is 10.5 Å². The number of rotatable bonds is 5. The molecular weight excluding hydrogens is 250 g/mol. The molecule has 1 atom stereocenters. The molecule has 0 radical (unpaired) electrons. The van der Waals surface area contributed by atoms with E-state index in [1.54, 1.807) is 7.11 Å². The van der Waals surface area contributed by atoms with E-state index in [-0.39, 0.29) is 6.10 Å². The quantitative estimate of drug-likeness (QED) is 0.822. The van der Waals surface area contributed by atoms with Gasteiger partial charge in [0.2, 0.25) is 0 Å². The molecule has 0 saturated carbocycles. The van der Waals surface area contributed by atoms with Crippen molar-refractivity contribution in [2.45, 2.75) is 19.1 Å². The van der Waals surface area contributed by atoms with Crippen LogP contribution in [-0.2, 0) is 16.1 Å². The topological polar surface area (TPSA) is 53.7 Å². The lowest BCUT2D eigenvalue weighted by atomic mass is 10.1. The van der Waals surface area contributed by atoms with Gasteiger partial charge in [0.15, 0.2) is 0 Å². The molecule has 1 aliphatic rings. The molecule has 1 fully saturated rings. The van der Waals surface area contributed by atoms with Crippen LogP contribution in [0.2, 0.25) is 0 Å². The summed E-state index contributed by atoms with van der Waals surface area (Å²) in [6, 6.07) is 5.73. The molecule has 98 valence electrons. The highest BCUT2D eigenvalue weighted by Gasteiger charge is 2.16. The summed E-state index contributed by atoms with van der Waals surface area (Å²) < 4.78 is 16.2. The Bertz CT molecular complexity index is 430. The van der Waals surface area contributed by atoms with Crippen molar-refractivity contribution in [3.8, 4) is 5.75 Å². The highest BCUT2D eigenvalue weighted by atomic mass is 32.1. The summed E-state index contributed by atoms with van der Waals surface area (Å²) in [5, 5.41) is 0. The first-order valence-electron chi connectivity index (χ1n) is 5.86. The van der Waals surface area contributed by atoms with Crippen LogP contribution in [0.5, 0.6) is 5.75 Å². The average molecular weight is 267 g/mol. The lowest BCUT2D eigenvalue weighted by Crippen LogP contribution is -2.14. The van der Waals surface area contributed by atoms with E-state index in [2.05, 4.69) is 0 Å². The van der Waals surface area contributed by atoms with Gasteiger partial charge in [0.1, 0.15) is 10.7 Å². The van der Waals surface area contributed by atoms with Crippen molar-refractivity contribution in [3.05, 3.63) is 29.3 Å².